The molecule has 130 valence electrons. The van der Waals surface area contributed by atoms with E-state index in [2.05, 4.69) is 41.7 Å². The molecule has 0 aromatic carbocycles. The van der Waals surface area contributed by atoms with E-state index in [1.54, 1.807) is 6.07 Å². The van der Waals surface area contributed by atoms with Gasteiger partial charge in [0, 0.05) is 31.2 Å². The van der Waals surface area contributed by atoms with Crippen LogP contribution in [0, 0.1) is 12.8 Å². The number of carbonyl (C=O) groups excluding carboxylic acids is 1. The highest BCUT2D eigenvalue weighted by Crippen LogP contribution is 2.07. The van der Waals surface area contributed by atoms with E-state index in [1.807, 2.05) is 13.8 Å². The zero-order valence-corrected chi connectivity index (χ0v) is 14.9. The van der Waals surface area contributed by atoms with Crippen molar-refractivity contribution < 1.29 is 9.21 Å². The van der Waals surface area contributed by atoms with Gasteiger partial charge < -0.3 is 20.4 Å². The summed E-state index contributed by atoms with van der Waals surface area (Å²) in [6, 6.07) is 2.14. The predicted molar refractivity (Wildman–Crippen MR) is 93.8 cm³/mol. The van der Waals surface area contributed by atoms with Crippen molar-refractivity contribution in [2.45, 2.75) is 47.1 Å². The van der Waals surface area contributed by atoms with Gasteiger partial charge in [0.25, 0.3) is 5.91 Å². The van der Waals surface area contributed by atoms with Crippen LogP contribution >= 0.6 is 0 Å². The van der Waals surface area contributed by atoms with Crippen LogP contribution in [0.4, 0.5) is 0 Å². The summed E-state index contributed by atoms with van der Waals surface area (Å²) in [7, 11) is 0. The molecular weight excluding hydrogens is 292 g/mol. The summed E-state index contributed by atoms with van der Waals surface area (Å²) in [5.41, 5.74) is 0.849. The zero-order valence-electron chi connectivity index (χ0n) is 14.9. The van der Waals surface area contributed by atoms with E-state index in [4.69, 9.17) is 4.42 Å². The molecule has 1 aromatic rings. The van der Waals surface area contributed by atoms with Gasteiger partial charge in [0.15, 0.2) is 11.7 Å². The van der Waals surface area contributed by atoms with E-state index < -0.39 is 0 Å². The number of nitrogens with one attached hydrogen (secondary N) is 3. The Morgan fingerprint density at radius 3 is 2.61 bits per heavy atom. The van der Waals surface area contributed by atoms with E-state index >= 15 is 0 Å². The highest BCUT2D eigenvalue weighted by atomic mass is 16.3. The molecule has 0 saturated heterocycles. The van der Waals surface area contributed by atoms with Crippen LogP contribution in [0.3, 0.4) is 0 Å². The average molecular weight is 322 g/mol. The first-order chi connectivity index (χ1) is 11.0. The summed E-state index contributed by atoms with van der Waals surface area (Å²) in [6.07, 6.45) is 2.30. The van der Waals surface area contributed by atoms with E-state index in [0.29, 0.717) is 30.8 Å². The standard InChI is InChI=1S/C17H30N4O2/c1-6-18-17(21-14(5)12(2)3)20-10-7-9-19-16(22)15-13(4)8-11-23-15/h8,11-12,14H,6-7,9-10H2,1-5H3,(H,19,22)(H2,18,20,21). The van der Waals surface area contributed by atoms with Crippen LogP contribution in [-0.4, -0.2) is 37.5 Å². The molecule has 0 aliphatic carbocycles. The molecular formula is C17H30N4O2. The Labute approximate surface area is 139 Å². The number of hydrogen-bond acceptors (Lipinski definition) is 3. The quantitative estimate of drug-likeness (QED) is 0.390. The maximum atomic E-state index is 11.9. The van der Waals surface area contributed by atoms with E-state index in [-0.39, 0.29) is 5.91 Å². The summed E-state index contributed by atoms with van der Waals surface area (Å²) in [5.74, 6) is 1.57. The molecule has 0 fully saturated rings. The van der Waals surface area contributed by atoms with Crippen LogP contribution < -0.4 is 16.0 Å². The molecule has 1 rings (SSSR count). The lowest BCUT2D eigenvalue weighted by atomic mass is 10.1. The number of amides is 1. The molecule has 0 aliphatic heterocycles. The normalized spacial score (nSPS) is 13.0. The van der Waals surface area contributed by atoms with Gasteiger partial charge in [-0.05, 0) is 39.2 Å². The minimum absolute atomic E-state index is 0.171. The van der Waals surface area contributed by atoms with Crippen molar-refractivity contribution >= 4 is 11.9 Å². The van der Waals surface area contributed by atoms with E-state index in [9.17, 15) is 4.79 Å². The van der Waals surface area contributed by atoms with Crippen LogP contribution in [-0.2, 0) is 0 Å². The van der Waals surface area contributed by atoms with Gasteiger partial charge in [-0.15, -0.1) is 0 Å². The number of rotatable bonds is 8. The van der Waals surface area contributed by atoms with Gasteiger partial charge in [0.05, 0.1) is 6.26 Å². The minimum atomic E-state index is -0.171. The predicted octanol–water partition coefficient (Wildman–Crippen LogP) is 2.31. The number of furan rings is 1. The topological polar surface area (TPSA) is 78.7 Å². The second-order valence-electron chi connectivity index (χ2n) is 5.98. The smallest absolute Gasteiger partial charge is 0.287 e. The van der Waals surface area contributed by atoms with Crippen LogP contribution in [0.2, 0.25) is 0 Å². The van der Waals surface area contributed by atoms with Crippen molar-refractivity contribution in [1.82, 2.24) is 16.0 Å². The van der Waals surface area contributed by atoms with Crippen LogP contribution in [0.15, 0.2) is 21.7 Å². The third kappa shape index (κ3) is 6.76. The second-order valence-corrected chi connectivity index (χ2v) is 5.98. The first kappa shape index (κ1) is 19.1. The van der Waals surface area contributed by atoms with Crippen molar-refractivity contribution in [3.8, 4) is 0 Å². The van der Waals surface area contributed by atoms with Gasteiger partial charge in [-0.3, -0.25) is 9.79 Å². The molecule has 0 saturated carbocycles. The van der Waals surface area contributed by atoms with Gasteiger partial charge in [-0.2, -0.15) is 0 Å². The first-order valence-electron chi connectivity index (χ1n) is 8.32. The van der Waals surface area contributed by atoms with Gasteiger partial charge in [-0.1, -0.05) is 13.8 Å². The lowest BCUT2D eigenvalue weighted by molar-refractivity contribution is 0.0925. The number of carbonyl (C=O) groups is 1. The zero-order chi connectivity index (χ0) is 17.2. The number of hydrogen-bond donors (Lipinski definition) is 3. The molecule has 0 radical (unpaired) electrons. The third-order valence-electron chi connectivity index (χ3n) is 3.67. The number of aryl methyl sites for hydroxylation is 1. The molecule has 0 spiro atoms. The van der Waals surface area contributed by atoms with E-state index in [0.717, 1.165) is 24.5 Å². The number of aliphatic imine (C=N–C) groups is 1. The fraction of sp³-hybridized carbons (Fsp3) is 0.647. The Morgan fingerprint density at radius 1 is 1.30 bits per heavy atom. The van der Waals surface area contributed by atoms with Gasteiger partial charge in [0.1, 0.15) is 0 Å². The second kappa shape index (κ2) is 9.92. The molecule has 6 heteroatoms. The number of nitrogens with zero attached hydrogens (tertiary/aromatic N) is 1. The molecule has 1 amide bonds. The monoisotopic (exact) mass is 322 g/mol. The van der Waals surface area contributed by atoms with Crippen molar-refractivity contribution in [1.29, 1.82) is 0 Å². The molecule has 1 unspecified atom stereocenters. The fourth-order valence-corrected chi connectivity index (χ4v) is 1.86. The van der Waals surface area contributed by atoms with Crippen LogP contribution in [0.25, 0.3) is 0 Å². The summed E-state index contributed by atoms with van der Waals surface area (Å²) in [5, 5.41) is 9.47. The molecule has 6 nitrogen and oxygen atoms in total. The Hall–Kier alpha value is -1.98. The molecule has 0 aliphatic rings. The molecule has 1 atom stereocenters. The summed E-state index contributed by atoms with van der Waals surface area (Å²) in [6.45, 7) is 12.4. The Bertz CT molecular complexity index is 508. The Morgan fingerprint density at radius 2 is 2.04 bits per heavy atom. The molecule has 0 bridgehead atoms. The molecule has 1 heterocycles. The van der Waals surface area contributed by atoms with Crippen LogP contribution in [0.5, 0.6) is 0 Å². The number of guanidine groups is 1. The maximum Gasteiger partial charge on any atom is 0.287 e. The van der Waals surface area contributed by atoms with Crippen LogP contribution in [0.1, 0.15) is 50.2 Å². The fourth-order valence-electron chi connectivity index (χ4n) is 1.86. The highest BCUT2D eigenvalue weighted by Gasteiger charge is 2.11. The lowest BCUT2D eigenvalue weighted by Gasteiger charge is -2.20. The van der Waals surface area contributed by atoms with E-state index in [1.165, 1.54) is 6.26 Å². The molecule has 1 aromatic heterocycles. The molecule has 23 heavy (non-hydrogen) atoms. The third-order valence-corrected chi connectivity index (χ3v) is 3.67. The molecule has 3 N–H and O–H groups in total. The van der Waals surface area contributed by atoms with Crippen molar-refractivity contribution in [3.05, 3.63) is 23.7 Å². The SMILES string of the molecule is CCNC(=NCCCNC(=O)c1occc1C)NC(C)C(C)C. The van der Waals surface area contributed by atoms with Crippen molar-refractivity contribution in [2.24, 2.45) is 10.9 Å². The Balaban J connectivity index is 2.34. The largest absolute Gasteiger partial charge is 0.459 e. The minimum Gasteiger partial charge on any atom is -0.459 e. The first-order valence-corrected chi connectivity index (χ1v) is 8.32. The van der Waals surface area contributed by atoms with Gasteiger partial charge in [-0.25, -0.2) is 0 Å². The van der Waals surface area contributed by atoms with Gasteiger partial charge in [0.2, 0.25) is 0 Å². The maximum absolute atomic E-state index is 11.9. The Kier molecular flexibility index (Phi) is 8.22. The summed E-state index contributed by atoms with van der Waals surface area (Å²) >= 11 is 0. The average Bonchev–Trinajstić information content (AvgIpc) is 2.92. The summed E-state index contributed by atoms with van der Waals surface area (Å²) < 4.78 is 5.16. The van der Waals surface area contributed by atoms with Crippen molar-refractivity contribution in [2.75, 3.05) is 19.6 Å². The lowest BCUT2D eigenvalue weighted by Crippen LogP contribution is -2.44. The summed E-state index contributed by atoms with van der Waals surface area (Å²) in [4.78, 5) is 16.4. The van der Waals surface area contributed by atoms with Crippen molar-refractivity contribution in [3.63, 3.8) is 0 Å². The van der Waals surface area contributed by atoms with Gasteiger partial charge >= 0.3 is 0 Å². The highest BCUT2D eigenvalue weighted by molar-refractivity contribution is 5.92.